The van der Waals surface area contributed by atoms with Crippen LogP contribution in [0.4, 0.5) is 0 Å². The van der Waals surface area contributed by atoms with E-state index in [4.69, 9.17) is 0 Å². The van der Waals surface area contributed by atoms with Crippen LogP contribution < -0.4 is 10.0 Å². The Labute approximate surface area is 130 Å². The first-order valence-corrected chi connectivity index (χ1v) is 9.97. The Kier molecular flexibility index (Phi) is 6.47. The van der Waals surface area contributed by atoms with Crippen LogP contribution in [0.3, 0.4) is 0 Å². The fourth-order valence-electron chi connectivity index (χ4n) is 3.04. The van der Waals surface area contributed by atoms with Crippen LogP contribution in [0.2, 0.25) is 0 Å². The molecule has 0 radical (unpaired) electrons. The van der Waals surface area contributed by atoms with E-state index in [9.17, 15) is 8.42 Å². The molecule has 1 heterocycles. The summed E-state index contributed by atoms with van der Waals surface area (Å²) in [6.45, 7) is 7.49. The highest BCUT2D eigenvalue weighted by Crippen LogP contribution is 2.34. The lowest BCUT2D eigenvalue weighted by atomic mass is 9.98. The summed E-state index contributed by atoms with van der Waals surface area (Å²) in [5.41, 5.74) is 0. The number of hydrogen-bond acceptors (Lipinski definition) is 3. The fraction of sp³-hybridized carbons (Fsp3) is 1.00. The Balaban J connectivity index is 1.79. The number of nitrogens with zero attached hydrogens (tertiary/aromatic N) is 1. The summed E-state index contributed by atoms with van der Waals surface area (Å²) in [5, 5.41) is 3.36. The van der Waals surface area contributed by atoms with Crippen molar-refractivity contribution < 1.29 is 8.42 Å². The van der Waals surface area contributed by atoms with E-state index in [1.54, 1.807) is 4.31 Å². The largest absolute Gasteiger partial charge is 0.317 e. The van der Waals surface area contributed by atoms with Crippen LogP contribution in [0.5, 0.6) is 0 Å². The summed E-state index contributed by atoms with van der Waals surface area (Å²) in [6, 6.07) is 0.113. The van der Waals surface area contributed by atoms with Gasteiger partial charge in [0.25, 0.3) is 10.2 Å². The second-order valence-electron chi connectivity index (χ2n) is 6.56. The van der Waals surface area contributed by atoms with Crippen LogP contribution >= 0.6 is 0 Å². The molecule has 0 aromatic heterocycles. The lowest BCUT2D eigenvalue weighted by molar-refractivity contribution is 0.264. The van der Waals surface area contributed by atoms with Crippen LogP contribution in [0.1, 0.15) is 52.4 Å². The van der Waals surface area contributed by atoms with Gasteiger partial charge in [-0.2, -0.15) is 17.4 Å². The SMILES string of the molecule is CCNCC1CCN(S(=O)(=O)NC(CC)CC2CC2)CC1. The van der Waals surface area contributed by atoms with Gasteiger partial charge in [0.2, 0.25) is 0 Å². The molecule has 2 fully saturated rings. The van der Waals surface area contributed by atoms with Crippen LogP contribution in [0, 0.1) is 11.8 Å². The van der Waals surface area contributed by atoms with Crippen LogP contribution in [0.15, 0.2) is 0 Å². The second-order valence-corrected chi connectivity index (χ2v) is 8.26. The van der Waals surface area contributed by atoms with Crippen molar-refractivity contribution in [2.75, 3.05) is 26.2 Å². The number of piperidine rings is 1. The molecular formula is C15H31N3O2S. The molecule has 6 heteroatoms. The average molecular weight is 317 g/mol. The standard InChI is InChI=1S/C15H31N3O2S/c1-3-15(11-13-5-6-13)17-21(19,20)18-9-7-14(8-10-18)12-16-4-2/h13-17H,3-12H2,1-2H3. The van der Waals surface area contributed by atoms with E-state index in [1.807, 2.05) is 0 Å². The zero-order chi connectivity index (χ0) is 15.3. The van der Waals surface area contributed by atoms with Gasteiger partial charge in [0.15, 0.2) is 0 Å². The third-order valence-electron chi connectivity index (χ3n) is 4.72. The molecular weight excluding hydrogens is 286 g/mol. The van der Waals surface area contributed by atoms with Crippen molar-refractivity contribution in [1.82, 2.24) is 14.3 Å². The summed E-state index contributed by atoms with van der Waals surface area (Å²) in [7, 11) is -3.29. The quantitative estimate of drug-likeness (QED) is 0.681. The normalized spacial score (nSPS) is 23.3. The molecule has 2 aliphatic rings. The average Bonchev–Trinajstić information content (AvgIpc) is 3.28. The first kappa shape index (κ1) is 17.2. The van der Waals surface area contributed by atoms with Gasteiger partial charge in [0, 0.05) is 19.1 Å². The molecule has 124 valence electrons. The molecule has 1 unspecified atom stereocenters. The monoisotopic (exact) mass is 317 g/mol. The maximum absolute atomic E-state index is 12.5. The van der Waals surface area contributed by atoms with Crippen molar-refractivity contribution in [3.05, 3.63) is 0 Å². The van der Waals surface area contributed by atoms with E-state index >= 15 is 0 Å². The van der Waals surface area contributed by atoms with Gasteiger partial charge in [0.05, 0.1) is 0 Å². The van der Waals surface area contributed by atoms with Gasteiger partial charge in [-0.05, 0) is 50.6 Å². The molecule has 1 saturated carbocycles. The molecule has 1 aliphatic heterocycles. The zero-order valence-electron chi connectivity index (χ0n) is 13.5. The highest BCUT2D eigenvalue weighted by Gasteiger charge is 2.31. The van der Waals surface area contributed by atoms with Crippen LogP contribution in [0.25, 0.3) is 0 Å². The predicted octanol–water partition coefficient (Wildman–Crippen LogP) is 1.72. The first-order valence-electron chi connectivity index (χ1n) is 8.53. The summed E-state index contributed by atoms with van der Waals surface area (Å²) in [6.07, 6.45) is 6.36. The fourth-order valence-corrected chi connectivity index (χ4v) is 4.57. The topological polar surface area (TPSA) is 61.4 Å². The van der Waals surface area contributed by atoms with Gasteiger partial charge in [-0.1, -0.05) is 26.7 Å². The number of hydrogen-bond donors (Lipinski definition) is 2. The maximum Gasteiger partial charge on any atom is 0.279 e. The Hall–Kier alpha value is -0.170. The molecule has 0 amide bonds. The van der Waals surface area contributed by atoms with Crippen LogP contribution in [-0.4, -0.2) is 44.9 Å². The smallest absolute Gasteiger partial charge is 0.279 e. The van der Waals surface area contributed by atoms with E-state index in [2.05, 4.69) is 23.9 Å². The minimum atomic E-state index is -3.29. The lowest BCUT2D eigenvalue weighted by Gasteiger charge is -2.32. The van der Waals surface area contributed by atoms with E-state index in [1.165, 1.54) is 12.8 Å². The van der Waals surface area contributed by atoms with E-state index in [-0.39, 0.29) is 6.04 Å². The van der Waals surface area contributed by atoms with Crippen molar-refractivity contribution in [3.8, 4) is 0 Å². The zero-order valence-corrected chi connectivity index (χ0v) is 14.3. The second kappa shape index (κ2) is 7.90. The third kappa shape index (κ3) is 5.51. The molecule has 1 atom stereocenters. The minimum absolute atomic E-state index is 0.113. The molecule has 2 N–H and O–H groups in total. The van der Waals surface area contributed by atoms with Gasteiger partial charge < -0.3 is 5.32 Å². The van der Waals surface area contributed by atoms with Crippen molar-refractivity contribution in [3.63, 3.8) is 0 Å². The predicted molar refractivity (Wildman–Crippen MR) is 86.3 cm³/mol. The molecule has 21 heavy (non-hydrogen) atoms. The van der Waals surface area contributed by atoms with Gasteiger partial charge in [-0.3, -0.25) is 0 Å². The van der Waals surface area contributed by atoms with Gasteiger partial charge in [-0.25, -0.2) is 0 Å². The number of nitrogens with one attached hydrogen (secondary N) is 2. The van der Waals surface area contributed by atoms with Crippen LogP contribution in [-0.2, 0) is 10.2 Å². The van der Waals surface area contributed by atoms with Crippen molar-refractivity contribution in [1.29, 1.82) is 0 Å². The molecule has 0 aromatic rings. The molecule has 1 saturated heterocycles. The Morgan fingerprint density at radius 1 is 1.10 bits per heavy atom. The Bertz CT molecular complexity index is 401. The van der Waals surface area contributed by atoms with E-state index in [0.29, 0.717) is 19.0 Å². The van der Waals surface area contributed by atoms with Gasteiger partial charge in [-0.15, -0.1) is 0 Å². The van der Waals surface area contributed by atoms with E-state index in [0.717, 1.165) is 44.7 Å². The summed E-state index contributed by atoms with van der Waals surface area (Å²) < 4.78 is 29.5. The Morgan fingerprint density at radius 2 is 1.76 bits per heavy atom. The first-order chi connectivity index (χ1) is 10.0. The highest BCUT2D eigenvalue weighted by molar-refractivity contribution is 7.87. The molecule has 0 bridgehead atoms. The maximum atomic E-state index is 12.5. The molecule has 5 nitrogen and oxygen atoms in total. The molecule has 0 spiro atoms. The van der Waals surface area contributed by atoms with Crippen molar-refractivity contribution in [2.45, 2.75) is 58.4 Å². The molecule has 1 aliphatic carbocycles. The molecule has 2 rings (SSSR count). The van der Waals surface area contributed by atoms with Gasteiger partial charge in [0.1, 0.15) is 0 Å². The summed E-state index contributed by atoms with van der Waals surface area (Å²) in [5.74, 6) is 1.37. The van der Waals surface area contributed by atoms with Crippen molar-refractivity contribution in [2.24, 2.45) is 11.8 Å². The van der Waals surface area contributed by atoms with Gasteiger partial charge >= 0.3 is 0 Å². The summed E-state index contributed by atoms with van der Waals surface area (Å²) in [4.78, 5) is 0. The summed E-state index contributed by atoms with van der Waals surface area (Å²) >= 11 is 0. The lowest BCUT2D eigenvalue weighted by Crippen LogP contribution is -2.49. The third-order valence-corrected chi connectivity index (χ3v) is 6.40. The van der Waals surface area contributed by atoms with Crippen molar-refractivity contribution >= 4 is 10.2 Å². The molecule has 0 aromatic carbocycles. The number of rotatable bonds is 9. The highest BCUT2D eigenvalue weighted by atomic mass is 32.2. The minimum Gasteiger partial charge on any atom is -0.317 e. The Morgan fingerprint density at radius 3 is 2.29 bits per heavy atom. The van der Waals surface area contributed by atoms with E-state index < -0.39 is 10.2 Å².